The molecular formula is C19H31N. The van der Waals surface area contributed by atoms with Crippen molar-refractivity contribution in [3.05, 3.63) is 41.6 Å². The third-order valence-electron chi connectivity index (χ3n) is 3.16. The number of aryl methyl sites for hydroxylation is 1. The quantitative estimate of drug-likeness (QED) is 0.639. The fourth-order valence-electron chi connectivity index (χ4n) is 2.34. The smallest absolute Gasteiger partial charge is 0.0705 e. The summed E-state index contributed by atoms with van der Waals surface area (Å²) < 4.78 is 0. The highest BCUT2D eigenvalue weighted by molar-refractivity contribution is 5.80. The largest absolute Gasteiger partial charge is 0.256 e. The summed E-state index contributed by atoms with van der Waals surface area (Å²) in [5, 5.41) is 1.25. The topological polar surface area (TPSA) is 12.9 Å². The van der Waals surface area contributed by atoms with Gasteiger partial charge >= 0.3 is 0 Å². The van der Waals surface area contributed by atoms with E-state index in [1.165, 1.54) is 22.9 Å². The van der Waals surface area contributed by atoms with Crippen LogP contribution in [0.5, 0.6) is 0 Å². The van der Waals surface area contributed by atoms with Gasteiger partial charge in [-0.25, -0.2) is 0 Å². The van der Waals surface area contributed by atoms with Gasteiger partial charge < -0.3 is 0 Å². The van der Waals surface area contributed by atoms with Crippen molar-refractivity contribution in [1.82, 2.24) is 4.98 Å². The summed E-state index contributed by atoms with van der Waals surface area (Å²) in [4.78, 5) is 4.46. The van der Waals surface area contributed by atoms with Crippen LogP contribution in [-0.4, -0.2) is 4.98 Å². The van der Waals surface area contributed by atoms with Gasteiger partial charge in [0.1, 0.15) is 0 Å². The zero-order valence-electron chi connectivity index (χ0n) is 13.2. The predicted molar refractivity (Wildman–Crippen MR) is 92.5 cm³/mol. The number of pyridine rings is 1. The van der Waals surface area contributed by atoms with Gasteiger partial charge in [0.2, 0.25) is 0 Å². The standard InChI is InChI=1S/C16H21N.C2H6.CH4/c1-5-7-12-10-13-8-6-9-17-15(13)11-14(12)16(2,3)4;1-2;/h6,8-11H,5,7H2,1-4H3;1-2H3;1H4. The number of aromatic nitrogens is 1. The molecule has 2 rings (SSSR count). The van der Waals surface area contributed by atoms with E-state index in [0.717, 1.165) is 11.9 Å². The number of hydrogen-bond donors (Lipinski definition) is 0. The summed E-state index contributed by atoms with van der Waals surface area (Å²) in [6.07, 6.45) is 4.21. The van der Waals surface area contributed by atoms with E-state index in [-0.39, 0.29) is 12.8 Å². The van der Waals surface area contributed by atoms with Crippen LogP contribution in [0.1, 0.15) is 66.5 Å². The minimum absolute atomic E-state index is 0. The lowest BCUT2D eigenvalue weighted by Gasteiger charge is -2.23. The summed E-state index contributed by atoms with van der Waals surface area (Å²) in [6, 6.07) is 8.73. The summed E-state index contributed by atoms with van der Waals surface area (Å²) in [7, 11) is 0. The Labute approximate surface area is 125 Å². The number of fused-ring (bicyclic) bond motifs is 1. The molecular weight excluding hydrogens is 242 g/mol. The van der Waals surface area contributed by atoms with Gasteiger partial charge in [-0.05, 0) is 41.2 Å². The highest BCUT2D eigenvalue weighted by Crippen LogP contribution is 2.30. The second-order valence-corrected chi connectivity index (χ2v) is 5.71. The first-order valence-electron chi connectivity index (χ1n) is 7.40. The molecule has 0 saturated heterocycles. The Balaban J connectivity index is 0.00000115. The minimum Gasteiger partial charge on any atom is -0.256 e. The van der Waals surface area contributed by atoms with Crippen molar-refractivity contribution in [2.75, 3.05) is 0 Å². The molecule has 2 aromatic rings. The molecule has 0 bridgehead atoms. The number of nitrogens with zero attached hydrogens (tertiary/aromatic N) is 1. The molecule has 0 atom stereocenters. The van der Waals surface area contributed by atoms with Gasteiger partial charge in [0.05, 0.1) is 5.52 Å². The molecule has 112 valence electrons. The first-order valence-corrected chi connectivity index (χ1v) is 7.40. The van der Waals surface area contributed by atoms with E-state index in [1.807, 2.05) is 26.1 Å². The Kier molecular flexibility index (Phi) is 7.49. The monoisotopic (exact) mass is 273 g/mol. The summed E-state index contributed by atoms with van der Waals surface area (Å²) in [5.41, 5.74) is 4.21. The van der Waals surface area contributed by atoms with Crippen molar-refractivity contribution >= 4 is 10.9 Å². The van der Waals surface area contributed by atoms with Crippen LogP contribution in [0.25, 0.3) is 10.9 Å². The van der Waals surface area contributed by atoms with Gasteiger partial charge in [-0.15, -0.1) is 0 Å². The zero-order valence-corrected chi connectivity index (χ0v) is 13.2. The van der Waals surface area contributed by atoms with E-state index < -0.39 is 0 Å². The normalized spacial score (nSPS) is 10.5. The van der Waals surface area contributed by atoms with E-state index in [2.05, 4.69) is 50.9 Å². The fourth-order valence-corrected chi connectivity index (χ4v) is 2.34. The average molecular weight is 273 g/mol. The van der Waals surface area contributed by atoms with E-state index in [1.54, 1.807) is 0 Å². The van der Waals surface area contributed by atoms with E-state index >= 15 is 0 Å². The lowest BCUT2D eigenvalue weighted by Crippen LogP contribution is -2.14. The second-order valence-electron chi connectivity index (χ2n) is 5.71. The van der Waals surface area contributed by atoms with Gasteiger partial charge in [-0.3, -0.25) is 4.98 Å². The molecule has 1 heteroatoms. The van der Waals surface area contributed by atoms with Crippen molar-refractivity contribution in [2.24, 2.45) is 0 Å². The fraction of sp³-hybridized carbons (Fsp3) is 0.526. The first kappa shape index (κ1) is 18.6. The Bertz CT molecular complexity index is 521. The van der Waals surface area contributed by atoms with Crippen LogP contribution in [0.4, 0.5) is 0 Å². The molecule has 1 nitrogen and oxygen atoms in total. The highest BCUT2D eigenvalue weighted by Gasteiger charge is 2.18. The molecule has 0 spiro atoms. The van der Waals surface area contributed by atoms with Gasteiger partial charge in [0.25, 0.3) is 0 Å². The molecule has 0 aliphatic carbocycles. The van der Waals surface area contributed by atoms with Crippen molar-refractivity contribution < 1.29 is 0 Å². The summed E-state index contributed by atoms with van der Waals surface area (Å²) >= 11 is 0. The highest BCUT2D eigenvalue weighted by atomic mass is 14.6. The molecule has 1 aromatic heterocycles. The Morgan fingerprint density at radius 2 is 1.75 bits per heavy atom. The molecule has 0 N–H and O–H groups in total. The van der Waals surface area contributed by atoms with Crippen molar-refractivity contribution in [3.63, 3.8) is 0 Å². The van der Waals surface area contributed by atoms with Crippen LogP contribution in [0.15, 0.2) is 30.5 Å². The van der Waals surface area contributed by atoms with Gasteiger partial charge in [0.15, 0.2) is 0 Å². The lowest BCUT2D eigenvalue weighted by molar-refractivity contribution is 0.582. The number of hydrogen-bond acceptors (Lipinski definition) is 1. The van der Waals surface area contributed by atoms with Crippen LogP contribution < -0.4 is 0 Å². The third kappa shape index (κ3) is 4.33. The van der Waals surface area contributed by atoms with Crippen molar-refractivity contribution in [2.45, 2.75) is 67.2 Å². The van der Waals surface area contributed by atoms with Crippen LogP contribution >= 0.6 is 0 Å². The van der Waals surface area contributed by atoms with E-state index in [9.17, 15) is 0 Å². The average Bonchev–Trinajstić information content (AvgIpc) is 2.39. The number of rotatable bonds is 2. The Hall–Kier alpha value is -1.37. The van der Waals surface area contributed by atoms with Crippen LogP contribution in [-0.2, 0) is 11.8 Å². The van der Waals surface area contributed by atoms with E-state index in [4.69, 9.17) is 0 Å². The zero-order chi connectivity index (χ0) is 14.5. The van der Waals surface area contributed by atoms with E-state index in [0.29, 0.717) is 0 Å². The molecule has 0 aliphatic rings. The molecule has 0 unspecified atom stereocenters. The van der Waals surface area contributed by atoms with Gasteiger partial charge in [0, 0.05) is 11.6 Å². The molecule has 0 fully saturated rings. The van der Waals surface area contributed by atoms with Crippen molar-refractivity contribution in [1.29, 1.82) is 0 Å². The maximum absolute atomic E-state index is 4.46. The molecule has 0 radical (unpaired) electrons. The Morgan fingerprint density at radius 3 is 2.30 bits per heavy atom. The lowest BCUT2D eigenvalue weighted by atomic mass is 9.82. The summed E-state index contributed by atoms with van der Waals surface area (Å²) in [5.74, 6) is 0. The first-order chi connectivity index (χ1) is 9.02. The second kappa shape index (κ2) is 8.04. The minimum atomic E-state index is 0. The maximum Gasteiger partial charge on any atom is 0.0705 e. The molecule has 1 heterocycles. The maximum atomic E-state index is 4.46. The predicted octanol–water partition coefficient (Wildman–Crippen LogP) is 6.15. The van der Waals surface area contributed by atoms with Crippen LogP contribution in [0.3, 0.4) is 0 Å². The van der Waals surface area contributed by atoms with Gasteiger partial charge in [-0.1, -0.05) is 61.5 Å². The third-order valence-corrected chi connectivity index (χ3v) is 3.16. The summed E-state index contributed by atoms with van der Waals surface area (Å²) in [6.45, 7) is 13.1. The molecule has 20 heavy (non-hydrogen) atoms. The molecule has 0 amide bonds. The van der Waals surface area contributed by atoms with Crippen LogP contribution in [0, 0.1) is 0 Å². The van der Waals surface area contributed by atoms with Crippen LogP contribution in [0.2, 0.25) is 0 Å². The van der Waals surface area contributed by atoms with Gasteiger partial charge in [-0.2, -0.15) is 0 Å². The molecule has 1 aromatic carbocycles. The van der Waals surface area contributed by atoms with Crippen molar-refractivity contribution in [3.8, 4) is 0 Å². The Morgan fingerprint density at radius 1 is 1.10 bits per heavy atom. The molecule has 0 saturated carbocycles. The SMILES string of the molecule is C.CC.CCCc1cc2cccnc2cc1C(C)(C)C. The molecule has 0 aliphatic heterocycles. The number of benzene rings is 1.